The van der Waals surface area contributed by atoms with Crippen LogP contribution in [-0.2, 0) is 80.3 Å². The van der Waals surface area contributed by atoms with E-state index in [2.05, 4.69) is 43.5 Å². The first-order valence-electron chi connectivity index (χ1n) is 43.2. The van der Waals surface area contributed by atoms with E-state index in [1.165, 1.54) is 26.0 Å². The smallest absolute Gasteiger partial charge is 0.404 e. The van der Waals surface area contributed by atoms with Crippen molar-refractivity contribution >= 4 is 92.4 Å². The molecule has 7 heterocycles. The average Bonchev–Trinajstić information content (AvgIpc) is 0.760. The van der Waals surface area contributed by atoms with Crippen molar-refractivity contribution in [1.82, 2.24) is 36.6 Å². The minimum atomic E-state index is -3.80. The Balaban J connectivity index is 1.04. The normalized spacial score (nSPS) is 25.5. The molecule has 0 saturated carbocycles. The van der Waals surface area contributed by atoms with Gasteiger partial charge in [0.1, 0.15) is 77.4 Å². The third kappa shape index (κ3) is 24.3. The second-order valence-corrected chi connectivity index (χ2v) is 36.7. The molecule has 0 aromatic heterocycles. The summed E-state index contributed by atoms with van der Waals surface area (Å²) in [7, 11) is -3.80. The lowest BCUT2D eigenvalue weighted by Crippen LogP contribution is -2.67. The molecule has 0 unspecified atom stereocenters. The summed E-state index contributed by atoms with van der Waals surface area (Å²) in [6, 6.07) is 9.91. The number of unbranched alkanes of at least 4 members (excludes halogenated alkanes) is 6. The molecule has 41 heteroatoms. The predicted octanol–water partition coefficient (Wildman–Crippen LogP) is 7.08. The molecule has 22 N–H and O–H groups in total. The summed E-state index contributed by atoms with van der Waals surface area (Å²) >= 11 is 14.4. The summed E-state index contributed by atoms with van der Waals surface area (Å²) in [6.07, 6.45) is -15.8. The van der Waals surface area contributed by atoms with Gasteiger partial charge >= 0.3 is 18.1 Å². The van der Waals surface area contributed by atoms with Crippen molar-refractivity contribution in [3.63, 3.8) is 0 Å². The van der Waals surface area contributed by atoms with Crippen molar-refractivity contribution < 1.29 is 135 Å². The number of urea groups is 1. The number of nitrogens with one attached hydrogen (secondary N) is 7. The second-order valence-electron chi connectivity index (χ2n) is 34.1. The highest BCUT2D eigenvalue weighted by Gasteiger charge is 2.54. The number of aliphatic carboxylic acids is 1. The van der Waals surface area contributed by atoms with Gasteiger partial charge in [-0.2, -0.15) is 0 Å². The van der Waals surface area contributed by atoms with Crippen LogP contribution < -0.4 is 68.0 Å². The fourth-order valence-corrected chi connectivity index (χ4v) is 18.5. The van der Waals surface area contributed by atoms with E-state index in [0.29, 0.717) is 32.1 Å². The fraction of sp³-hybridized carbons (Fsp3) is 0.489. The molecule has 6 aromatic carbocycles. The number of amides is 8. The maximum absolute atomic E-state index is 16.6. The highest BCUT2D eigenvalue weighted by molar-refractivity contribution is 7.89. The standard InChI is InChI=1S/C90H112Cl2N10O28S/c1-7-9-10-13-16-44-17-22-51(23-18-44)131(122,123)97-28-15-12-11-14-27-96-40-55-59(105)38-54-69(76(55)111)53-30-46(19-24-58(53)104)52-37-61(107)70-49-34-64(125-62-25-20-47(31-56(62)91)74(109)72(100-82(114)45(8-2)29-42(3)4)60(106)33-50(36-67(93)108)83(115)98-70)79(65(35-49)126-63-26-21-48(32-57(63)92)75(110)73(101-84(52)116)85(117)99-71(54)86(118)119)129-87-80(78(113)77(112)66(41-103)127-87)128-68-39-90(6,102-88(94)120)81(43(5)124-68)130-89(95)121/h17-26,30-32,34-35,38,42-43,45,50,52,66,68,70-75,77-78,80-81,87,96-97,103-105,109-113H,7-16,27-29,33,36-37,39-41H2,1-6H3,(H2,93,108)(H2,95,121)(H,98,115)(H,99,117)(H,100,114)(H,101,116)(H,118,119)(H3,94,102,120)/t43-,45+,50-,52+,66+,68-,70+,71-,72-,73-,74+,75+,77+,78-,80+,81+,87-,90-/m0/s1. The largest absolute Gasteiger partial charge is 0.507 e. The van der Waals surface area contributed by atoms with Crippen LogP contribution in [0.1, 0.15) is 201 Å². The monoisotopic (exact) mass is 1880 g/mol. The van der Waals surface area contributed by atoms with E-state index in [1.54, 1.807) is 19.1 Å². The molecule has 0 spiro atoms. The van der Waals surface area contributed by atoms with Crippen LogP contribution in [0.2, 0.25) is 10.0 Å². The molecule has 2 saturated heterocycles. The number of aryl methyl sites for hydroxylation is 1. The number of carbonyl (C=O) groups excluding carboxylic acids is 9. The fourth-order valence-electron chi connectivity index (χ4n) is 17.0. The number of carboxylic acids is 1. The molecule has 13 rings (SSSR count). The van der Waals surface area contributed by atoms with Gasteiger partial charge < -0.3 is 128 Å². The molecule has 710 valence electrons. The zero-order valence-corrected chi connectivity index (χ0v) is 75.1. The van der Waals surface area contributed by atoms with E-state index >= 15 is 24.0 Å². The van der Waals surface area contributed by atoms with Crippen molar-refractivity contribution in [3.05, 3.63) is 146 Å². The molecule has 131 heavy (non-hydrogen) atoms. The van der Waals surface area contributed by atoms with Crippen LogP contribution in [-0.4, -0.2) is 200 Å². The topological polar surface area (TPSA) is 614 Å². The van der Waals surface area contributed by atoms with Crippen LogP contribution in [0.3, 0.4) is 0 Å². The number of sulfonamides is 1. The van der Waals surface area contributed by atoms with E-state index in [0.717, 1.165) is 98.3 Å². The number of hydrogen-bond donors (Lipinski definition) is 19. The van der Waals surface area contributed by atoms with Crippen LogP contribution >= 0.6 is 23.2 Å². The quantitative estimate of drug-likeness (QED) is 0.0193. The van der Waals surface area contributed by atoms with Crippen LogP contribution in [0, 0.1) is 17.8 Å². The van der Waals surface area contributed by atoms with E-state index in [4.69, 9.17) is 73.6 Å². The number of aromatic hydroxyl groups is 3. The van der Waals surface area contributed by atoms with E-state index in [-0.39, 0.29) is 69.9 Å². The first-order chi connectivity index (χ1) is 62.1. The number of ketones is 2. The highest BCUT2D eigenvalue weighted by Crippen LogP contribution is 2.52. The Morgan fingerprint density at radius 3 is 1.94 bits per heavy atom. The number of rotatable bonds is 31. The van der Waals surface area contributed by atoms with Gasteiger partial charge in [-0.3, -0.25) is 33.6 Å². The summed E-state index contributed by atoms with van der Waals surface area (Å²) in [4.78, 5) is 146. The summed E-state index contributed by atoms with van der Waals surface area (Å²) in [5.41, 5.74) is 13.2. The number of hydrogen-bond acceptors (Lipinski definition) is 28. The van der Waals surface area contributed by atoms with Crippen LogP contribution in [0.5, 0.6) is 46.0 Å². The molecule has 0 aliphatic carbocycles. The van der Waals surface area contributed by atoms with Crippen LogP contribution in [0.4, 0.5) is 9.59 Å². The minimum absolute atomic E-state index is 0.0546. The maximum atomic E-state index is 16.6. The maximum Gasteiger partial charge on any atom is 0.404 e. The SMILES string of the molecule is CCCCCCc1ccc(S(=O)(=O)NCCCCCCNCc2c(O)cc3c(c2O)-c2cc(ccc2O)[C@H]2CC(=O)[C@@H]4NC(=O)[C@H](CC(N)=O)CC(=O)[C@H](NC(=O)[C@H](CC)CC(C)C)[C@H](O)c5ccc(c(Cl)c5)Oc5cc4cc(c5O[C@@H]4O[C@H](CO)[C@@H](O)[C@H](O)[C@H]4O[C@H]4C[C@](C)(NC(N)=O)[C@H](OC(N)=O)[C@H](C)O4)Oc4ccc(cc4Cl)[C@@H](O)[C@H](NC2=O)C(=O)N[C@@H]3C(=O)O)cc1. The van der Waals surface area contributed by atoms with Gasteiger partial charge in [0.2, 0.25) is 51.6 Å². The Hall–Kier alpha value is -11.1. The number of benzene rings is 6. The number of fused-ring (bicyclic) bond motifs is 15. The Labute approximate surface area is 764 Å². The average molecular weight is 1880 g/mol. The Morgan fingerprint density at radius 1 is 0.695 bits per heavy atom. The predicted molar refractivity (Wildman–Crippen MR) is 470 cm³/mol. The third-order valence-electron chi connectivity index (χ3n) is 23.9. The Kier molecular flexibility index (Phi) is 33.8. The molecule has 38 nitrogen and oxygen atoms in total. The zero-order valence-electron chi connectivity index (χ0n) is 72.7. The molecule has 7 aliphatic rings. The zero-order chi connectivity index (χ0) is 95.4. The lowest BCUT2D eigenvalue weighted by Gasteiger charge is -2.48. The minimum Gasteiger partial charge on any atom is -0.507 e. The number of primary amides is 3. The van der Waals surface area contributed by atoms with Gasteiger partial charge in [0.15, 0.2) is 47.6 Å². The molecule has 18 atom stereocenters. The van der Waals surface area contributed by atoms with Gasteiger partial charge in [0.05, 0.1) is 50.6 Å². The van der Waals surface area contributed by atoms with Crippen molar-refractivity contribution in [3.8, 4) is 57.1 Å². The number of aliphatic hydroxyl groups is 5. The molecular weight excluding hydrogens is 1770 g/mol. The number of Topliss-reactive ketones (excluding diaryl/α,β-unsaturated/α-hetero) is 2. The van der Waals surface area contributed by atoms with Crippen LogP contribution in [0.15, 0.2) is 102 Å². The number of phenolic OH excluding ortho intramolecular Hbond substituents is 3. The number of phenols is 3. The Morgan fingerprint density at radius 2 is 1.34 bits per heavy atom. The molecule has 2 fully saturated rings. The van der Waals surface area contributed by atoms with Gasteiger partial charge in [-0.25, -0.2) is 27.5 Å². The first-order valence-corrected chi connectivity index (χ1v) is 45.5. The molecular formula is C90H112Cl2N10O28S. The van der Waals surface area contributed by atoms with E-state index in [1.807, 2.05) is 26.0 Å². The van der Waals surface area contributed by atoms with Gasteiger partial charge in [-0.05, 0) is 159 Å². The van der Waals surface area contributed by atoms with Crippen molar-refractivity contribution in [2.24, 2.45) is 35.0 Å². The number of halogens is 2. The molecule has 8 amide bonds. The van der Waals surface area contributed by atoms with Crippen molar-refractivity contribution in [1.29, 1.82) is 0 Å². The van der Waals surface area contributed by atoms with Gasteiger partial charge in [-0.15, -0.1) is 0 Å². The first kappa shape index (κ1) is 101. The van der Waals surface area contributed by atoms with E-state index < -0.39 is 278 Å². The van der Waals surface area contributed by atoms with Crippen molar-refractivity contribution in [2.75, 3.05) is 19.7 Å². The third-order valence-corrected chi connectivity index (χ3v) is 26.0. The van der Waals surface area contributed by atoms with Gasteiger partial charge in [-0.1, -0.05) is 113 Å². The number of carbonyl (C=O) groups is 10. The number of ether oxygens (including phenoxy) is 7. The lowest BCUT2D eigenvalue weighted by atomic mass is 9.84. The summed E-state index contributed by atoms with van der Waals surface area (Å²) in [6.45, 7) is 9.35. The number of nitrogens with two attached hydrogens (primary N) is 3. The summed E-state index contributed by atoms with van der Waals surface area (Å²) < 4.78 is 73.5. The molecule has 0 radical (unpaired) electrons. The Bertz CT molecular complexity index is 5350. The second kappa shape index (κ2) is 44.0. The highest BCUT2D eigenvalue weighted by atomic mass is 35.5. The number of aliphatic hydroxyl groups excluding tert-OH is 5. The summed E-state index contributed by atoms with van der Waals surface area (Å²) in [5.74, 6) is -20.0. The van der Waals surface area contributed by atoms with Gasteiger partial charge in [0, 0.05) is 61.4 Å². The summed E-state index contributed by atoms with van der Waals surface area (Å²) in [5, 5.41) is 123. The molecule has 7 aliphatic heterocycles. The van der Waals surface area contributed by atoms with Crippen molar-refractivity contribution in [2.45, 2.75) is 246 Å². The van der Waals surface area contributed by atoms with E-state index in [9.17, 15) is 78.3 Å². The lowest BCUT2D eigenvalue weighted by molar-refractivity contribution is -0.334. The molecule has 11 bridgehead atoms. The number of carboxylic acid groups (broad SMARTS) is 1. The van der Waals surface area contributed by atoms with Crippen LogP contribution in [0.25, 0.3) is 11.1 Å². The van der Waals surface area contributed by atoms with Gasteiger partial charge in [0.25, 0.3) is 0 Å². The molecule has 6 aromatic rings.